The predicted octanol–water partition coefficient (Wildman–Crippen LogP) is 4.92. The third kappa shape index (κ3) is 10.0. The van der Waals surface area contributed by atoms with Crippen molar-refractivity contribution in [2.45, 2.75) is 38.7 Å². The van der Waals surface area contributed by atoms with Gasteiger partial charge in [0, 0.05) is 44.5 Å². The van der Waals surface area contributed by atoms with Gasteiger partial charge in [0.05, 0.1) is 29.7 Å². The van der Waals surface area contributed by atoms with Crippen molar-refractivity contribution in [1.82, 2.24) is 4.90 Å². The van der Waals surface area contributed by atoms with E-state index < -0.39 is 21.7 Å². The Morgan fingerprint density at radius 3 is 2.58 bits per heavy atom. The molecule has 1 fully saturated rings. The maximum atomic E-state index is 13.3. The molecule has 2 aliphatic rings. The number of nitrogens with zero attached hydrogens (tertiary/aromatic N) is 3. The number of aliphatic imine (C=N–C) groups is 1. The number of amidine groups is 2. The van der Waals surface area contributed by atoms with Crippen LogP contribution in [-0.2, 0) is 19.6 Å². The van der Waals surface area contributed by atoms with Crippen molar-refractivity contribution < 1.29 is 22.7 Å². The molecule has 0 bridgehead atoms. The van der Waals surface area contributed by atoms with Gasteiger partial charge in [0.25, 0.3) is 0 Å². The average molecular weight is 675 g/mol. The summed E-state index contributed by atoms with van der Waals surface area (Å²) in [4.78, 5) is 19.0. The summed E-state index contributed by atoms with van der Waals surface area (Å²) in [7, 11) is -4.11. The van der Waals surface area contributed by atoms with Gasteiger partial charge in [-0.15, -0.1) is 24.8 Å². The average Bonchev–Trinajstić information content (AvgIpc) is 3.48. The van der Waals surface area contributed by atoms with Gasteiger partial charge in [0.15, 0.2) is 5.75 Å². The molecule has 10 nitrogen and oxygen atoms in total. The molecule has 0 atom stereocenters. The number of carbonyl (C=O) groups is 1. The molecule has 43 heavy (non-hydrogen) atoms. The number of likely N-dealkylation sites (tertiary alicyclic amines) is 1. The van der Waals surface area contributed by atoms with Crippen LogP contribution in [0.3, 0.4) is 0 Å². The molecule has 4 rings (SSSR count). The molecule has 3 N–H and O–H groups in total. The Kier molecular flexibility index (Phi) is 14.1. The Balaban J connectivity index is 0.00000323. The van der Waals surface area contributed by atoms with E-state index in [2.05, 4.69) is 9.89 Å². The van der Waals surface area contributed by atoms with E-state index in [9.17, 15) is 13.2 Å². The number of benzene rings is 2. The molecule has 1 saturated heterocycles. The second-order valence-corrected chi connectivity index (χ2v) is 12.2. The minimum absolute atomic E-state index is 0. The van der Waals surface area contributed by atoms with E-state index in [1.165, 1.54) is 11.9 Å². The molecule has 0 saturated carbocycles. The van der Waals surface area contributed by atoms with Gasteiger partial charge in [-0.05, 0) is 43.2 Å². The molecule has 2 aromatic rings. The lowest BCUT2D eigenvalue weighted by molar-refractivity contribution is -0.139. The molecule has 0 aromatic heterocycles. The van der Waals surface area contributed by atoms with Crippen LogP contribution in [0.1, 0.15) is 43.7 Å². The number of hydrogen-bond acceptors (Lipinski definition) is 8. The molecule has 2 aromatic carbocycles. The maximum absolute atomic E-state index is 13.3. The Morgan fingerprint density at radius 1 is 1.21 bits per heavy atom. The van der Waals surface area contributed by atoms with E-state index in [-0.39, 0.29) is 54.9 Å². The lowest BCUT2D eigenvalue weighted by atomic mass is 10.1. The highest BCUT2D eigenvalue weighted by Gasteiger charge is 2.28. The normalized spacial score (nSPS) is 15.3. The first kappa shape index (κ1) is 36.2. The van der Waals surface area contributed by atoms with E-state index in [4.69, 9.17) is 32.2 Å². The van der Waals surface area contributed by atoms with E-state index in [0.29, 0.717) is 17.0 Å². The number of ether oxygens (including phenoxy) is 2. The Morgan fingerprint density at radius 2 is 1.95 bits per heavy atom. The van der Waals surface area contributed by atoms with Crippen LogP contribution in [0.2, 0.25) is 5.02 Å². The summed E-state index contributed by atoms with van der Waals surface area (Å²) in [6, 6.07) is 11.8. The molecule has 0 unspecified atom stereocenters. The van der Waals surface area contributed by atoms with Crippen LogP contribution < -0.4 is 14.8 Å². The number of nitrogens with one attached hydrogen (secondary N) is 1. The second-order valence-electron chi connectivity index (χ2n) is 9.85. The van der Waals surface area contributed by atoms with E-state index in [1.807, 2.05) is 6.07 Å². The van der Waals surface area contributed by atoms with Crippen LogP contribution in [-0.4, -0.2) is 75.6 Å². The van der Waals surface area contributed by atoms with E-state index in [0.717, 1.165) is 55.2 Å². The number of anilines is 1. The van der Waals surface area contributed by atoms with Crippen LogP contribution >= 0.6 is 36.4 Å². The standard InChI is InChI=1S/C29H36ClN5O5S.2ClH/c1-2-39-28(36)20-41(37,38)35(15-5-7-21-6-3-8-22(18-21)29(31)32)23-10-11-26(25(30)19-23)40-24-12-16-34(17-13-24)27-9-4-14-33-27;;/h3,5-8,10-11,18-19,24H,2,4,9,12-17,20H2,1H3,(H3,31,32);2*1H/b7-5+;;. The summed E-state index contributed by atoms with van der Waals surface area (Å²) < 4.78 is 38.8. The van der Waals surface area contributed by atoms with Gasteiger partial charge < -0.3 is 20.1 Å². The van der Waals surface area contributed by atoms with Gasteiger partial charge in [-0.2, -0.15) is 0 Å². The fourth-order valence-corrected chi connectivity index (χ4v) is 6.34. The van der Waals surface area contributed by atoms with Crippen molar-refractivity contribution >= 4 is 75.8 Å². The van der Waals surface area contributed by atoms with Crippen molar-refractivity contribution in [1.29, 1.82) is 5.41 Å². The topological polar surface area (TPSA) is 138 Å². The number of sulfonamides is 1. The zero-order valence-corrected chi connectivity index (χ0v) is 27.1. The minimum Gasteiger partial charge on any atom is -0.489 e. The largest absolute Gasteiger partial charge is 0.489 e. The molecule has 2 heterocycles. The van der Waals surface area contributed by atoms with Crippen molar-refractivity contribution in [3.8, 4) is 5.75 Å². The van der Waals surface area contributed by atoms with Gasteiger partial charge in [-0.1, -0.05) is 42.0 Å². The van der Waals surface area contributed by atoms with Crippen LogP contribution in [0.15, 0.2) is 53.5 Å². The number of nitrogens with two attached hydrogens (primary N) is 1. The number of carbonyl (C=O) groups excluding carboxylic acids is 1. The zero-order valence-electron chi connectivity index (χ0n) is 23.9. The molecule has 2 aliphatic heterocycles. The number of halogens is 3. The molecule has 0 amide bonds. The van der Waals surface area contributed by atoms with Gasteiger partial charge in [0.1, 0.15) is 17.7 Å². The van der Waals surface area contributed by atoms with Gasteiger partial charge in [-0.3, -0.25) is 19.5 Å². The van der Waals surface area contributed by atoms with Crippen LogP contribution in [0, 0.1) is 5.41 Å². The zero-order chi connectivity index (χ0) is 29.4. The summed E-state index contributed by atoms with van der Waals surface area (Å²) in [5.74, 6) is -0.0444. The van der Waals surface area contributed by atoms with Gasteiger partial charge >= 0.3 is 5.97 Å². The highest BCUT2D eigenvalue weighted by atomic mass is 35.5. The van der Waals surface area contributed by atoms with Crippen LogP contribution in [0.5, 0.6) is 5.75 Å². The van der Waals surface area contributed by atoms with Gasteiger partial charge in [0.2, 0.25) is 10.0 Å². The first-order valence-electron chi connectivity index (χ1n) is 13.7. The second kappa shape index (κ2) is 16.7. The Labute approximate surface area is 270 Å². The van der Waals surface area contributed by atoms with Crippen molar-refractivity contribution in [2.24, 2.45) is 10.7 Å². The molecular formula is C29H38Cl3N5O5S. The molecule has 14 heteroatoms. The monoisotopic (exact) mass is 673 g/mol. The first-order valence-corrected chi connectivity index (χ1v) is 15.7. The summed E-state index contributed by atoms with van der Waals surface area (Å²) in [6.07, 6.45) is 7.20. The predicted molar refractivity (Wildman–Crippen MR) is 177 cm³/mol. The lowest BCUT2D eigenvalue weighted by Crippen LogP contribution is -2.41. The summed E-state index contributed by atoms with van der Waals surface area (Å²) in [5, 5.41) is 7.90. The molecular weight excluding hydrogens is 637 g/mol. The van der Waals surface area contributed by atoms with Crippen molar-refractivity contribution in [3.05, 3.63) is 64.7 Å². The van der Waals surface area contributed by atoms with Crippen molar-refractivity contribution in [2.75, 3.05) is 42.8 Å². The molecule has 0 aliphatic carbocycles. The number of esters is 1. The summed E-state index contributed by atoms with van der Waals surface area (Å²) in [5.41, 5.74) is 7.17. The van der Waals surface area contributed by atoms with Crippen molar-refractivity contribution in [3.63, 3.8) is 0 Å². The summed E-state index contributed by atoms with van der Waals surface area (Å²) in [6.45, 7) is 4.28. The fourth-order valence-electron chi connectivity index (χ4n) is 4.84. The third-order valence-electron chi connectivity index (χ3n) is 6.88. The smallest absolute Gasteiger partial charge is 0.323 e. The highest BCUT2D eigenvalue weighted by Crippen LogP contribution is 2.33. The summed E-state index contributed by atoms with van der Waals surface area (Å²) >= 11 is 6.59. The number of rotatable bonds is 11. The molecule has 236 valence electrons. The van der Waals surface area contributed by atoms with Gasteiger partial charge in [-0.25, -0.2) is 8.42 Å². The van der Waals surface area contributed by atoms with Crippen LogP contribution in [0.25, 0.3) is 6.08 Å². The number of hydrogen-bond donors (Lipinski definition) is 2. The Hall–Kier alpha value is -2.99. The first-order chi connectivity index (χ1) is 19.7. The molecule has 0 radical (unpaired) electrons. The lowest BCUT2D eigenvalue weighted by Gasteiger charge is -2.33. The van der Waals surface area contributed by atoms with E-state index in [1.54, 1.807) is 49.4 Å². The highest BCUT2D eigenvalue weighted by molar-refractivity contribution is 7.93. The van der Waals surface area contributed by atoms with E-state index >= 15 is 0 Å². The maximum Gasteiger partial charge on any atom is 0.323 e. The SMILES string of the molecule is CCOC(=O)CS(=O)(=O)N(C/C=C/c1cccc(C(=N)N)c1)c1ccc(OC2CCN(C3=NCCC3)CC2)c(Cl)c1.Cl.Cl. The Bertz CT molecular complexity index is 1430. The minimum atomic E-state index is -4.11. The van der Waals surface area contributed by atoms with Crippen LogP contribution in [0.4, 0.5) is 5.69 Å². The fraction of sp³-hybridized carbons (Fsp3) is 0.414. The number of piperidine rings is 1. The number of nitrogen functional groups attached to an aromatic ring is 1. The molecule has 0 spiro atoms. The third-order valence-corrected chi connectivity index (χ3v) is 8.80. The quantitative estimate of drug-likeness (QED) is 0.196.